The molecule has 0 aromatic rings. The molecule has 6 heavy (non-hydrogen) atoms. The first-order valence-corrected chi connectivity index (χ1v) is 1.95. The van der Waals surface area contributed by atoms with Gasteiger partial charge in [-0.3, -0.25) is 6.54 Å². The Labute approximate surface area is 49.2 Å². The fourth-order valence-electron chi connectivity index (χ4n) is 0.167. The molecule has 2 N–H and O–H groups in total. The Morgan fingerprint density at radius 3 is 2.17 bits per heavy atom. The largest absolute Gasteiger partial charge is 0.483 e. The maximum Gasteiger partial charge on any atom is 0 e. The molecule has 0 atom stereocenters. The van der Waals surface area contributed by atoms with Crippen LogP contribution in [0.15, 0.2) is 0 Å². The summed E-state index contributed by atoms with van der Waals surface area (Å²) < 4.78 is 0. The third kappa shape index (κ3) is 8.82. The van der Waals surface area contributed by atoms with E-state index >= 15 is 0 Å². The van der Waals surface area contributed by atoms with Gasteiger partial charge >= 0.3 is 0 Å². The predicted molar refractivity (Wildman–Crippen MR) is 23.4 cm³/mol. The van der Waals surface area contributed by atoms with Crippen molar-refractivity contribution in [3.63, 3.8) is 0 Å². The van der Waals surface area contributed by atoms with E-state index in [-0.39, 0.29) is 16.5 Å². The van der Waals surface area contributed by atoms with Crippen LogP contribution in [-0.2, 0) is 16.5 Å². The van der Waals surface area contributed by atoms with E-state index in [1.54, 1.807) is 6.54 Å². The molecule has 0 aromatic heterocycles. The second-order valence-electron chi connectivity index (χ2n) is 1.02. The van der Waals surface area contributed by atoms with Gasteiger partial charge in [-0.1, -0.05) is 13.3 Å². The summed E-state index contributed by atoms with van der Waals surface area (Å²) >= 11 is 0. The molecule has 0 aliphatic rings. The zero-order valence-corrected chi connectivity index (χ0v) is 4.87. The Bertz CT molecular complexity index is 15.0. The molecule has 0 bridgehead atoms. The third-order valence-corrected chi connectivity index (χ3v) is 0.455. The first kappa shape index (κ1) is 9.68. The molecule has 0 heterocycles. The Kier molecular flexibility index (Phi) is 14.6. The van der Waals surface area contributed by atoms with Gasteiger partial charge in [-0.15, -0.1) is 0 Å². The van der Waals surface area contributed by atoms with E-state index in [4.69, 9.17) is 5.73 Å². The normalized spacial score (nSPS) is 7.00. The Morgan fingerprint density at radius 1 is 1.67 bits per heavy atom. The van der Waals surface area contributed by atoms with Crippen LogP contribution in [0, 0.1) is 6.54 Å². The molecular formula is C4H10NNi-. The monoisotopic (exact) mass is 130 g/mol. The van der Waals surface area contributed by atoms with Crippen LogP contribution >= 0.6 is 0 Å². The minimum absolute atomic E-state index is 0. The van der Waals surface area contributed by atoms with Crippen molar-refractivity contribution in [1.82, 2.24) is 0 Å². The van der Waals surface area contributed by atoms with Crippen LogP contribution < -0.4 is 5.73 Å². The molecule has 0 amide bonds. The zero-order chi connectivity index (χ0) is 4.12. The maximum absolute atomic E-state index is 5.01. The van der Waals surface area contributed by atoms with E-state index in [1.807, 2.05) is 0 Å². The summed E-state index contributed by atoms with van der Waals surface area (Å²) in [7, 11) is 0. The van der Waals surface area contributed by atoms with Crippen molar-refractivity contribution in [3.05, 3.63) is 6.54 Å². The van der Waals surface area contributed by atoms with E-state index < -0.39 is 0 Å². The number of rotatable bonds is 2. The number of unbranched alkanes of at least 4 members (excludes halogenated alkanes) is 1. The molecule has 0 radical (unpaired) electrons. The molecule has 42 valence electrons. The first-order valence-electron chi connectivity index (χ1n) is 1.95. The van der Waals surface area contributed by atoms with Crippen LogP contribution in [0.4, 0.5) is 0 Å². The van der Waals surface area contributed by atoms with Gasteiger partial charge in [0.2, 0.25) is 0 Å². The van der Waals surface area contributed by atoms with E-state index in [2.05, 4.69) is 6.92 Å². The maximum atomic E-state index is 5.01. The van der Waals surface area contributed by atoms with Gasteiger partial charge in [-0.2, -0.15) is 6.42 Å². The van der Waals surface area contributed by atoms with Crippen molar-refractivity contribution in [3.8, 4) is 0 Å². The fraction of sp³-hybridized carbons (Fsp3) is 0.750. The van der Waals surface area contributed by atoms with Crippen molar-refractivity contribution in [1.29, 1.82) is 0 Å². The van der Waals surface area contributed by atoms with Crippen molar-refractivity contribution < 1.29 is 16.5 Å². The van der Waals surface area contributed by atoms with Crippen molar-refractivity contribution in [2.75, 3.05) is 0 Å². The number of hydrogen-bond acceptors (Lipinski definition) is 1. The van der Waals surface area contributed by atoms with Gasteiger partial charge in [-0.25, -0.2) is 0 Å². The third-order valence-electron chi connectivity index (χ3n) is 0.455. The van der Waals surface area contributed by atoms with Gasteiger partial charge < -0.3 is 5.73 Å². The average Bonchev–Trinajstić information content (AvgIpc) is 1.41. The minimum atomic E-state index is 0. The Balaban J connectivity index is 0. The minimum Gasteiger partial charge on any atom is -0.483 e. The summed E-state index contributed by atoms with van der Waals surface area (Å²) in [4.78, 5) is 0. The standard InChI is InChI=1S/C4H10N.Ni/c1-2-3-4-5;/h4H,2-3,5H2,1H3;/q-1;. The SMILES string of the molecule is CCC[CH-]N.[Ni]. The van der Waals surface area contributed by atoms with Crippen LogP contribution in [0.3, 0.4) is 0 Å². The molecule has 0 saturated heterocycles. The molecule has 0 spiro atoms. The second-order valence-corrected chi connectivity index (χ2v) is 1.02. The summed E-state index contributed by atoms with van der Waals surface area (Å²) in [6.07, 6.45) is 2.20. The van der Waals surface area contributed by atoms with Gasteiger partial charge in [0.1, 0.15) is 0 Å². The van der Waals surface area contributed by atoms with Gasteiger partial charge in [0.25, 0.3) is 0 Å². The Morgan fingerprint density at radius 2 is 2.17 bits per heavy atom. The molecule has 0 aromatic carbocycles. The fourth-order valence-corrected chi connectivity index (χ4v) is 0.167. The van der Waals surface area contributed by atoms with E-state index in [9.17, 15) is 0 Å². The van der Waals surface area contributed by atoms with Gasteiger partial charge in [-0.05, 0) is 0 Å². The van der Waals surface area contributed by atoms with E-state index in [0.29, 0.717) is 0 Å². The van der Waals surface area contributed by atoms with Crippen LogP contribution in [0.1, 0.15) is 19.8 Å². The van der Waals surface area contributed by atoms with Crippen molar-refractivity contribution in [2.45, 2.75) is 19.8 Å². The topological polar surface area (TPSA) is 26.0 Å². The van der Waals surface area contributed by atoms with Gasteiger partial charge in [0.15, 0.2) is 0 Å². The van der Waals surface area contributed by atoms with Crippen LogP contribution in [0.5, 0.6) is 0 Å². The molecule has 2 heteroatoms. The van der Waals surface area contributed by atoms with Crippen LogP contribution in [0.25, 0.3) is 0 Å². The number of nitrogens with two attached hydrogens (primary N) is 1. The average molecular weight is 131 g/mol. The van der Waals surface area contributed by atoms with Crippen LogP contribution in [-0.4, -0.2) is 0 Å². The van der Waals surface area contributed by atoms with Crippen molar-refractivity contribution in [2.24, 2.45) is 5.73 Å². The van der Waals surface area contributed by atoms with Gasteiger partial charge in [0, 0.05) is 16.5 Å². The summed E-state index contributed by atoms with van der Waals surface area (Å²) in [5, 5.41) is 0. The second kappa shape index (κ2) is 9.07. The van der Waals surface area contributed by atoms with Crippen molar-refractivity contribution >= 4 is 0 Å². The van der Waals surface area contributed by atoms with E-state index in [1.165, 1.54) is 0 Å². The van der Waals surface area contributed by atoms with Gasteiger partial charge in [0.05, 0.1) is 0 Å². The predicted octanol–water partition coefficient (Wildman–Crippen LogP) is 0.904. The summed E-state index contributed by atoms with van der Waals surface area (Å²) in [6.45, 7) is 3.78. The Hall–Kier alpha value is 0.454. The first-order chi connectivity index (χ1) is 2.41. The molecule has 1 nitrogen and oxygen atoms in total. The molecule has 0 aliphatic carbocycles. The smallest absolute Gasteiger partial charge is 0 e. The number of hydrogen-bond donors (Lipinski definition) is 1. The molecule has 0 fully saturated rings. The van der Waals surface area contributed by atoms with Crippen LogP contribution in [0.2, 0.25) is 0 Å². The van der Waals surface area contributed by atoms with E-state index in [0.717, 1.165) is 12.8 Å². The quantitative estimate of drug-likeness (QED) is 0.437. The molecule has 0 rings (SSSR count). The molecule has 0 aliphatic heterocycles. The molecular weight excluding hydrogens is 121 g/mol. The molecule has 0 saturated carbocycles. The summed E-state index contributed by atoms with van der Waals surface area (Å²) in [6, 6.07) is 0. The zero-order valence-electron chi connectivity index (χ0n) is 3.89. The summed E-state index contributed by atoms with van der Waals surface area (Å²) in [5.41, 5.74) is 5.01. The summed E-state index contributed by atoms with van der Waals surface area (Å²) in [5.74, 6) is 0. The molecule has 0 unspecified atom stereocenters.